The fraction of sp³-hybridized carbons (Fsp3) is 0.318. The number of aryl methyl sites for hydroxylation is 1. The molecule has 1 saturated heterocycles. The minimum absolute atomic E-state index is 0. The number of urea groups is 1. The third kappa shape index (κ3) is 4.29. The molecule has 1 unspecified atom stereocenters. The first-order chi connectivity index (χ1) is 15.9. The number of rotatable bonds is 5. The fourth-order valence-corrected chi connectivity index (χ4v) is 5.21. The maximum Gasteiger partial charge on any atom is 0.333 e. The Kier molecular flexibility index (Phi) is 5.51. The Hall–Kier alpha value is -3.44. The van der Waals surface area contributed by atoms with Crippen LogP contribution in [0.25, 0.3) is 11.1 Å². The highest BCUT2D eigenvalue weighted by atomic mass is 32.2. The highest BCUT2D eigenvalue weighted by molar-refractivity contribution is 7.90. The number of nitrogens with zero attached hydrogens (tertiary/aromatic N) is 2. The van der Waals surface area contributed by atoms with Crippen LogP contribution in [0.3, 0.4) is 0 Å². The summed E-state index contributed by atoms with van der Waals surface area (Å²) in [5.74, 6) is 0. The van der Waals surface area contributed by atoms with E-state index in [1.807, 2.05) is 12.1 Å². The zero-order chi connectivity index (χ0) is 23.0. The molecular formula is C22H27N5O5S. The van der Waals surface area contributed by atoms with Gasteiger partial charge in [-0.1, -0.05) is 12.1 Å². The minimum Gasteiger partial charge on any atom is -0.379 e. The molecule has 2 aromatic heterocycles. The first-order valence-corrected chi connectivity index (χ1v) is 12.2. The summed E-state index contributed by atoms with van der Waals surface area (Å²) in [6.45, 7) is 1.07. The lowest BCUT2D eigenvalue weighted by Gasteiger charge is -2.16. The first kappa shape index (κ1) is 21.4. The van der Waals surface area contributed by atoms with Gasteiger partial charge in [-0.05, 0) is 54.5 Å². The van der Waals surface area contributed by atoms with Crippen molar-refractivity contribution in [2.75, 3.05) is 18.5 Å². The lowest BCUT2D eigenvalue weighted by Crippen LogP contribution is -2.35. The lowest BCUT2D eigenvalue weighted by molar-refractivity contribution is 0.184. The van der Waals surface area contributed by atoms with Gasteiger partial charge in [0, 0.05) is 33.5 Å². The number of amides is 2. The van der Waals surface area contributed by atoms with Crippen LogP contribution >= 0.6 is 0 Å². The summed E-state index contributed by atoms with van der Waals surface area (Å²) < 4.78 is 34.5. The van der Waals surface area contributed by atoms with Gasteiger partial charge in [-0.25, -0.2) is 9.52 Å². The molecule has 10 nitrogen and oxygen atoms in total. The number of hydrogen-bond donors (Lipinski definition) is 3. The number of anilines is 1. The van der Waals surface area contributed by atoms with Gasteiger partial charge in [0.05, 0.1) is 18.3 Å². The number of carbonyl (C=O) groups excluding carboxylic acids is 1. The quantitative estimate of drug-likeness (QED) is 0.521. The van der Waals surface area contributed by atoms with Crippen LogP contribution in [0.5, 0.6) is 0 Å². The average molecular weight is 474 g/mol. The average Bonchev–Trinajstić information content (AvgIpc) is 3.54. The summed E-state index contributed by atoms with van der Waals surface area (Å²) in [5.41, 5.74) is 3.57. The molecule has 11 heteroatoms. The maximum absolute atomic E-state index is 12.8. The van der Waals surface area contributed by atoms with Crippen molar-refractivity contribution < 1.29 is 20.8 Å². The number of aromatic nitrogens is 3. The molecular weight excluding hydrogens is 446 g/mol. The molecule has 0 saturated carbocycles. The largest absolute Gasteiger partial charge is 0.379 e. The van der Waals surface area contributed by atoms with Gasteiger partial charge in [0.1, 0.15) is 0 Å². The van der Waals surface area contributed by atoms with Crippen molar-refractivity contribution in [1.29, 1.82) is 0 Å². The van der Waals surface area contributed by atoms with Gasteiger partial charge in [-0.15, -0.1) is 0 Å². The molecule has 3 N–H and O–H groups in total. The molecule has 1 atom stereocenters. The molecule has 5 rings (SSSR count). The second-order valence-electron chi connectivity index (χ2n) is 8.13. The Balaban J connectivity index is 0.00000171. The van der Waals surface area contributed by atoms with Crippen LogP contribution in [0, 0.1) is 0 Å². The van der Waals surface area contributed by atoms with E-state index < -0.39 is 16.1 Å². The van der Waals surface area contributed by atoms with E-state index >= 15 is 0 Å². The number of ether oxygens (including phenoxy) is 1. The molecule has 0 radical (unpaired) electrons. The number of sulfonamides is 1. The van der Waals surface area contributed by atoms with Gasteiger partial charge in [-0.3, -0.25) is 9.48 Å². The van der Waals surface area contributed by atoms with Crippen molar-refractivity contribution in [3.05, 3.63) is 64.2 Å². The normalized spacial score (nSPS) is 17.6. The van der Waals surface area contributed by atoms with Gasteiger partial charge >= 0.3 is 6.03 Å². The number of nitrogens with one attached hydrogen (secondary N) is 3. The van der Waals surface area contributed by atoms with Crippen molar-refractivity contribution in [3.63, 3.8) is 0 Å². The number of fused-ring (bicyclic) bond motifs is 1. The van der Waals surface area contributed by atoms with Gasteiger partial charge in [0.15, 0.2) is 5.03 Å². The van der Waals surface area contributed by atoms with Crippen LogP contribution in [-0.4, -0.2) is 42.4 Å². The molecule has 3 aromatic rings. The monoisotopic (exact) mass is 473 g/mol. The Morgan fingerprint density at radius 2 is 2.12 bits per heavy atom. The number of hydrogen-bond acceptors (Lipinski definition) is 6. The second-order valence-corrected chi connectivity index (χ2v) is 9.76. The van der Waals surface area contributed by atoms with Gasteiger partial charge < -0.3 is 15.0 Å². The molecule has 1 aromatic carbocycles. The molecule has 176 valence electrons. The van der Waals surface area contributed by atoms with Crippen LogP contribution in [0.2, 0.25) is 0 Å². The molecule has 2 amide bonds. The third-order valence-corrected chi connectivity index (χ3v) is 7.20. The van der Waals surface area contributed by atoms with E-state index in [4.69, 9.17) is 4.74 Å². The predicted molar refractivity (Wildman–Crippen MR) is 125 cm³/mol. The first-order valence-electron chi connectivity index (χ1n) is 10.7. The van der Waals surface area contributed by atoms with E-state index in [1.165, 1.54) is 18.3 Å². The molecule has 1 fully saturated rings. The van der Waals surface area contributed by atoms with Crippen molar-refractivity contribution in [3.8, 4) is 11.1 Å². The van der Waals surface area contributed by atoms with Gasteiger partial charge in [0.2, 0.25) is 5.56 Å². The van der Waals surface area contributed by atoms with E-state index in [1.54, 1.807) is 16.9 Å². The van der Waals surface area contributed by atoms with Crippen molar-refractivity contribution in [2.45, 2.75) is 36.8 Å². The Bertz CT molecular complexity index is 1380. The van der Waals surface area contributed by atoms with E-state index in [0.29, 0.717) is 30.0 Å². The van der Waals surface area contributed by atoms with E-state index in [9.17, 15) is 18.0 Å². The van der Waals surface area contributed by atoms with Crippen molar-refractivity contribution in [2.24, 2.45) is 0 Å². The van der Waals surface area contributed by atoms with E-state index in [0.717, 1.165) is 36.8 Å². The molecule has 3 heterocycles. The Morgan fingerprint density at radius 3 is 2.91 bits per heavy atom. The van der Waals surface area contributed by atoms with Crippen molar-refractivity contribution >= 4 is 21.7 Å². The van der Waals surface area contributed by atoms with E-state index in [-0.39, 0.29) is 19.5 Å². The summed E-state index contributed by atoms with van der Waals surface area (Å²) in [6, 6.07) is 7.45. The number of pyridine rings is 1. The summed E-state index contributed by atoms with van der Waals surface area (Å²) >= 11 is 0. The van der Waals surface area contributed by atoms with Crippen molar-refractivity contribution in [1.82, 2.24) is 19.5 Å². The zero-order valence-electron chi connectivity index (χ0n) is 17.7. The SMILES string of the molecule is O=C(Nc1c(-c2cc[nH]c(=O)c2)ccc2c1CCC2)NS(=O)(=O)c1ccn(C2CCOC2)n1.[HH].[HH]. The standard InChI is InChI=1S/C22H23N5O5S.2H2/c28-19-12-15(6-9-23-19)18-5-4-14-2-1-3-17(14)21(18)24-22(29)26-33(30,31)20-7-10-27(25-20)16-8-11-32-13-16;;/h4-7,9-10,12,16H,1-3,8,11,13H2,(H,23,28)(H2,24,26,29);2*1H. The lowest BCUT2D eigenvalue weighted by atomic mass is 9.98. The molecule has 1 aliphatic carbocycles. The van der Waals surface area contributed by atoms with Crippen LogP contribution < -0.4 is 15.6 Å². The highest BCUT2D eigenvalue weighted by Crippen LogP contribution is 2.37. The summed E-state index contributed by atoms with van der Waals surface area (Å²) in [5, 5.41) is 6.61. The molecule has 33 heavy (non-hydrogen) atoms. The summed E-state index contributed by atoms with van der Waals surface area (Å²) in [6.07, 6.45) is 6.42. The van der Waals surface area contributed by atoms with E-state index in [2.05, 4.69) is 20.1 Å². The number of aromatic amines is 1. The minimum atomic E-state index is -4.18. The van der Waals surface area contributed by atoms with Gasteiger partial charge in [0.25, 0.3) is 10.0 Å². The number of benzene rings is 1. The van der Waals surface area contributed by atoms with Crippen LogP contribution in [0.15, 0.2) is 52.5 Å². The van der Waals surface area contributed by atoms with Crippen LogP contribution in [0.1, 0.15) is 32.9 Å². The second kappa shape index (κ2) is 8.49. The number of H-pyrrole nitrogens is 1. The molecule has 1 aliphatic heterocycles. The molecule has 2 aliphatic rings. The highest BCUT2D eigenvalue weighted by Gasteiger charge is 2.26. The Labute approximate surface area is 193 Å². The summed E-state index contributed by atoms with van der Waals surface area (Å²) in [7, 11) is -4.18. The zero-order valence-corrected chi connectivity index (χ0v) is 18.5. The predicted octanol–water partition coefficient (Wildman–Crippen LogP) is 2.69. The fourth-order valence-electron chi connectivity index (χ4n) is 4.37. The van der Waals surface area contributed by atoms with Crippen LogP contribution in [-0.2, 0) is 27.6 Å². The maximum atomic E-state index is 12.8. The topological polar surface area (TPSA) is 135 Å². The molecule has 0 spiro atoms. The smallest absolute Gasteiger partial charge is 0.333 e. The van der Waals surface area contributed by atoms with Gasteiger partial charge in [-0.2, -0.15) is 13.5 Å². The Morgan fingerprint density at radius 1 is 1.24 bits per heavy atom. The third-order valence-electron chi connectivity index (χ3n) is 5.97. The molecule has 0 bridgehead atoms. The number of carbonyl (C=O) groups is 1. The summed E-state index contributed by atoms with van der Waals surface area (Å²) in [4.78, 5) is 27.2. The van der Waals surface area contributed by atoms with Crippen LogP contribution in [0.4, 0.5) is 10.5 Å².